The van der Waals surface area contributed by atoms with Gasteiger partial charge >= 0.3 is 0 Å². The lowest BCUT2D eigenvalue weighted by Crippen LogP contribution is -2.43. The van der Waals surface area contributed by atoms with Crippen LogP contribution in [0.1, 0.15) is 30.9 Å². The van der Waals surface area contributed by atoms with Crippen LogP contribution < -0.4 is 10.1 Å². The molecule has 1 aliphatic heterocycles. The average Bonchev–Trinajstić information content (AvgIpc) is 2.69. The first kappa shape index (κ1) is 21.3. The SMILES string of the molecule is CCOc1ccc(S(=O)(=O)N2CCC[C@@H](C(=O)Nc3cccc(C)c3)C2)cc1C. The van der Waals surface area contributed by atoms with Crippen molar-refractivity contribution in [1.82, 2.24) is 4.31 Å². The number of piperidine rings is 1. The molecule has 7 heteroatoms. The second kappa shape index (κ2) is 8.97. The third kappa shape index (κ3) is 4.97. The Morgan fingerprint density at radius 2 is 2.00 bits per heavy atom. The Labute approximate surface area is 172 Å². The highest BCUT2D eigenvalue weighted by molar-refractivity contribution is 7.89. The van der Waals surface area contributed by atoms with Crippen molar-refractivity contribution >= 4 is 21.6 Å². The van der Waals surface area contributed by atoms with Crippen LogP contribution >= 0.6 is 0 Å². The van der Waals surface area contributed by atoms with Crippen molar-refractivity contribution < 1.29 is 17.9 Å². The molecule has 1 amide bonds. The van der Waals surface area contributed by atoms with Crippen molar-refractivity contribution in [2.45, 2.75) is 38.5 Å². The average molecular weight is 417 g/mol. The number of anilines is 1. The number of sulfonamides is 1. The van der Waals surface area contributed by atoms with Gasteiger partial charge in [-0.05, 0) is 75.1 Å². The molecule has 0 aliphatic carbocycles. The Bertz CT molecular complexity index is 988. The molecule has 0 saturated carbocycles. The lowest BCUT2D eigenvalue weighted by atomic mass is 9.98. The van der Waals surface area contributed by atoms with Gasteiger partial charge in [-0.3, -0.25) is 4.79 Å². The van der Waals surface area contributed by atoms with E-state index >= 15 is 0 Å². The number of ether oxygens (including phenoxy) is 1. The van der Waals surface area contributed by atoms with Crippen LogP contribution in [0, 0.1) is 19.8 Å². The van der Waals surface area contributed by atoms with E-state index in [4.69, 9.17) is 4.74 Å². The fourth-order valence-corrected chi connectivity index (χ4v) is 5.20. The van der Waals surface area contributed by atoms with E-state index in [0.29, 0.717) is 31.7 Å². The molecule has 2 aromatic carbocycles. The first-order chi connectivity index (χ1) is 13.8. The number of amides is 1. The highest BCUT2D eigenvalue weighted by Crippen LogP contribution is 2.28. The Hall–Kier alpha value is -2.38. The van der Waals surface area contributed by atoms with Crippen molar-refractivity contribution in [2.75, 3.05) is 25.0 Å². The standard InChI is InChI=1S/C22H28N2O4S/c1-4-28-21-11-10-20(14-17(21)3)29(26,27)24-12-6-8-18(15-24)22(25)23-19-9-5-7-16(2)13-19/h5,7,9-11,13-14,18H,4,6,8,12,15H2,1-3H3,(H,23,25)/t18-/m1/s1. The maximum absolute atomic E-state index is 13.1. The molecular formula is C22H28N2O4S. The first-order valence-electron chi connectivity index (χ1n) is 9.92. The Morgan fingerprint density at radius 3 is 2.69 bits per heavy atom. The predicted octanol–water partition coefficient (Wildman–Crippen LogP) is 3.74. The zero-order valence-electron chi connectivity index (χ0n) is 17.1. The largest absolute Gasteiger partial charge is 0.494 e. The minimum Gasteiger partial charge on any atom is -0.494 e. The van der Waals surface area contributed by atoms with E-state index in [0.717, 1.165) is 16.8 Å². The monoisotopic (exact) mass is 416 g/mol. The maximum atomic E-state index is 13.1. The molecule has 0 aromatic heterocycles. The van der Waals surface area contributed by atoms with Gasteiger partial charge < -0.3 is 10.1 Å². The van der Waals surface area contributed by atoms with Gasteiger partial charge in [0, 0.05) is 18.8 Å². The van der Waals surface area contributed by atoms with Crippen LogP contribution in [0.15, 0.2) is 47.4 Å². The number of rotatable bonds is 6. The van der Waals surface area contributed by atoms with Crippen LogP contribution in [0.25, 0.3) is 0 Å². The number of carbonyl (C=O) groups is 1. The van der Waals surface area contributed by atoms with E-state index in [-0.39, 0.29) is 23.3 Å². The minimum atomic E-state index is -3.66. The van der Waals surface area contributed by atoms with Gasteiger partial charge in [-0.25, -0.2) is 8.42 Å². The molecule has 6 nitrogen and oxygen atoms in total. The molecule has 0 spiro atoms. The highest BCUT2D eigenvalue weighted by Gasteiger charge is 2.33. The molecule has 1 fully saturated rings. The lowest BCUT2D eigenvalue weighted by Gasteiger charge is -2.31. The number of hydrogen-bond donors (Lipinski definition) is 1. The van der Waals surface area contributed by atoms with E-state index in [2.05, 4.69) is 5.32 Å². The maximum Gasteiger partial charge on any atom is 0.243 e. The summed E-state index contributed by atoms with van der Waals surface area (Å²) in [6.45, 7) is 6.81. The third-order valence-corrected chi connectivity index (χ3v) is 6.99. The quantitative estimate of drug-likeness (QED) is 0.778. The first-order valence-corrected chi connectivity index (χ1v) is 11.4. The fraction of sp³-hybridized carbons (Fsp3) is 0.409. The molecule has 1 aliphatic rings. The van der Waals surface area contributed by atoms with E-state index in [1.54, 1.807) is 18.2 Å². The van der Waals surface area contributed by atoms with E-state index in [1.165, 1.54) is 4.31 Å². The molecule has 0 bridgehead atoms. The summed E-state index contributed by atoms with van der Waals surface area (Å²) in [5.74, 6) is 0.168. The second-order valence-electron chi connectivity index (χ2n) is 7.42. The summed E-state index contributed by atoms with van der Waals surface area (Å²) < 4.78 is 33.2. The summed E-state index contributed by atoms with van der Waals surface area (Å²) in [5.41, 5.74) is 2.57. The van der Waals surface area contributed by atoms with Crippen molar-refractivity contribution in [2.24, 2.45) is 5.92 Å². The summed E-state index contributed by atoms with van der Waals surface area (Å²) in [6, 6.07) is 12.5. The van der Waals surface area contributed by atoms with E-state index < -0.39 is 10.0 Å². The summed E-state index contributed by atoms with van der Waals surface area (Å²) in [7, 11) is -3.66. The summed E-state index contributed by atoms with van der Waals surface area (Å²) in [5, 5.41) is 2.92. The van der Waals surface area contributed by atoms with Crippen molar-refractivity contribution in [3.63, 3.8) is 0 Å². The predicted molar refractivity (Wildman–Crippen MR) is 114 cm³/mol. The van der Waals surface area contributed by atoms with Gasteiger partial charge in [-0.15, -0.1) is 0 Å². The van der Waals surface area contributed by atoms with Crippen molar-refractivity contribution in [3.05, 3.63) is 53.6 Å². The zero-order chi connectivity index (χ0) is 21.0. The molecule has 2 aromatic rings. The number of nitrogens with one attached hydrogen (secondary N) is 1. The normalized spacial score (nSPS) is 17.7. The molecule has 0 radical (unpaired) electrons. The van der Waals surface area contributed by atoms with Gasteiger partial charge in [-0.1, -0.05) is 12.1 Å². The molecule has 1 N–H and O–H groups in total. The highest BCUT2D eigenvalue weighted by atomic mass is 32.2. The zero-order valence-corrected chi connectivity index (χ0v) is 18.0. The molecule has 1 saturated heterocycles. The van der Waals surface area contributed by atoms with Gasteiger partial charge in [0.15, 0.2) is 0 Å². The number of aryl methyl sites for hydroxylation is 2. The number of nitrogens with zero attached hydrogens (tertiary/aromatic N) is 1. The Kier molecular flexibility index (Phi) is 6.59. The topological polar surface area (TPSA) is 75.7 Å². The van der Waals surface area contributed by atoms with Crippen LogP contribution in [0.5, 0.6) is 5.75 Å². The Morgan fingerprint density at radius 1 is 1.21 bits per heavy atom. The second-order valence-corrected chi connectivity index (χ2v) is 9.36. The minimum absolute atomic E-state index is 0.140. The van der Waals surface area contributed by atoms with E-state index in [9.17, 15) is 13.2 Å². The van der Waals surface area contributed by atoms with Crippen LogP contribution in [-0.4, -0.2) is 38.3 Å². The number of hydrogen-bond acceptors (Lipinski definition) is 4. The molecule has 0 unspecified atom stereocenters. The van der Waals surface area contributed by atoms with Crippen molar-refractivity contribution in [3.8, 4) is 5.75 Å². The molecule has 1 atom stereocenters. The smallest absolute Gasteiger partial charge is 0.243 e. The van der Waals surface area contributed by atoms with Crippen LogP contribution in [0.4, 0.5) is 5.69 Å². The van der Waals surface area contributed by atoms with Gasteiger partial charge in [0.1, 0.15) is 5.75 Å². The molecular weight excluding hydrogens is 388 g/mol. The van der Waals surface area contributed by atoms with Crippen LogP contribution in [0.2, 0.25) is 0 Å². The van der Waals surface area contributed by atoms with Gasteiger partial charge in [0.2, 0.25) is 15.9 Å². The summed E-state index contributed by atoms with van der Waals surface area (Å²) in [4.78, 5) is 12.9. The molecule has 156 valence electrons. The molecule has 1 heterocycles. The summed E-state index contributed by atoms with van der Waals surface area (Å²) in [6.07, 6.45) is 1.33. The van der Waals surface area contributed by atoms with Crippen molar-refractivity contribution in [1.29, 1.82) is 0 Å². The molecule has 29 heavy (non-hydrogen) atoms. The molecule has 3 rings (SSSR count). The number of carbonyl (C=O) groups excluding carboxylic acids is 1. The van der Waals surface area contributed by atoms with Gasteiger partial charge in [0.05, 0.1) is 17.4 Å². The van der Waals surface area contributed by atoms with Gasteiger partial charge in [-0.2, -0.15) is 4.31 Å². The summed E-state index contributed by atoms with van der Waals surface area (Å²) >= 11 is 0. The number of benzene rings is 2. The van der Waals surface area contributed by atoms with Crippen LogP contribution in [-0.2, 0) is 14.8 Å². The van der Waals surface area contributed by atoms with E-state index in [1.807, 2.05) is 45.0 Å². The Balaban J connectivity index is 1.73. The van der Waals surface area contributed by atoms with Crippen LogP contribution in [0.3, 0.4) is 0 Å². The fourth-order valence-electron chi connectivity index (χ4n) is 3.59. The third-order valence-electron chi connectivity index (χ3n) is 5.12. The van der Waals surface area contributed by atoms with Gasteiger partial charge in [0.25, 0.3) is 0 Å². The lowest BCUT2D eigenvalue weighted by molar-refractivity contribution is -0.120.